The van der Waals surface area contributed by atoms with Crippen LogP contribution in [0.4, 0.5) is 0 Å². The maximum Gasteiger partial charge on any atom is 4.00 e. The van der Waals surface area contributed by atoms with Crippen molar-refractivity contribution in [2.75, 3.05) is 0 Å². The first kappa shape index (κ1) is 30.8. The predicted octanol–water partition coefficient (Wildman–Crippen LogP) is 4.61. The van der Waals surface area contributed by atoms with Crippen molar-refractivity contribution in [1.29, 1.82) is 0 Å². The summed E-state index contributed by atoms with van der Waals surface area (Å²) in [6.45, 7) is 3.64. The van der Waals surface area contributed by atoms with Gasteiger partial charge in [-0.25, -0.2) is 41.1 Å². The number of aryl methyl sites for hydroxylation is 2. The van der Waals surface area contributed by atoms with E-state index in [1.54, 1.807) is 24.3 Å². The van der Waals surface area contributed by atoms with Crippen LogP contribution in [0.5, 0.6) is 0 Å². The molecule has 9 heteroatoms. The van der Waals surface area contributed by atoms with Gasteiger partial charge in [0.05, 0.1) is 9.79 Å². The molecule has 0 aliphatic rings. The van der Waals surface area contributed by atoms with Crippen LogP contribution in [0, 0.1) is 13.8 Å². The van der Waals surface area contributed by atoms with Crippen LogP contribution < -0.4 is 0 Å². The summed E-state index contributed by atoms with van der Waals surface area (Å²) in [5.41, 5.74) is 1.86. The molecule has 0 heterocycles. The van der Waals surface area contributed by atoms with Gasteiger partial charge < -0.3 is 9.11 Å². The van der Waals surface area contributed by atoms with Crippen molar-refractivity contribution in [3.8, 4) is 0 Å². The van der Waals surface area contributed by atoms with Gasteiger partial charge in [0.2, 0.25) is 0 Å². The molecule has 33 heavy (non-hydrogen) atoms. The Hall–Kier alpha value is -2.16. The van der Waals surface area contributed by atoms with Crippen molar-refractivity contribution in [2.45, 2.75) is 23.6 Å². The van der Waals surface area contributed by atoms with Gasteiger partial charge in [-0.1, -0.05) is 35.4 Å². The molecular formula is C24H24O6S2Zr. The summed E-state index contributed by atoms with van der Waals surface area (Å²) in [6, 6.07) is 31.6. The molecule has 0 fully saturated rings. The van der Waals surface area contributed by atoms with Crippen LogP contribution in [-0.2, 0) is 46.4 Å². The van der Waals surface area contributed by atoms with E-state index in [1.165, 1.54) is 24.3 Å². The molecule has 4 aromatic rings. The average molecular weight is 564 g/mol. The van der Waals surface area contributed by atoms with E-state index in [0.29, 0.717) is 0 Å². The SMILES string of the molecule is Cc1ccc(S(=O)(=O)[O-])cc1.Cc1ccc(S(=O)(=O)[O-])cc1.[Zr+4].c1cc[cH-]c1.c1cc[cH-]c1. The monoisotopic (exact) mass is 562 g/mol. The molecule has 0 bridgehead atoms. The second-order valence-electron chi connectivity index (χ2n) is 6.46. The third-order valence-corrected chi connectivity index (χ3v) is 5.43. The summed E-state index contributed by atoms with van der Waals surface area (Å²) in [5, 5.41) is 0. The van der Waals surface area contributed by atoms with Gasteiger partial charge in [0, 0.05) is 0 Å². The minimum Gasteiger partial charge on any atom is -0.744 e. The second-order valence-corrected chi connectivity index (χ2v) is 9.22. The Labute approximate surface area is 215 Å². The van der Waals surface area contributed by atoms with Gasteiger partial charge >= 0.3 is 26.2 Å². The molecule has 172 valence electrons. The Balaban J connectivity index is 0.000000434. The fourth-order valence-electron chi connectivity index (χ4n) is 2.05. The first-order valence-electron chi connectivity index (χ1n) is 9.38. The Morgan fingerprint density at radius 1 is 0.545 bits per heavy atom. The van der Waals surface area contributed by atoms with Gasteiger partial charge in [-0.3, -0.25) is 0 Å². The predicted molar refractivity (Wildman–Crippen MR) is 122 cm³/mol. The van der Waals surface area contributed by atoms with Crippen molar-refractivity contribution >= 4 is 20.2 Å². The normalized spacial score (nSPS) is 10.1. The third-order valence-electron chi connectivity index (χ3n) is 3.73. The third kappa shape index (κ3) is 14.6. The number of benzene rings is 2. The molecule has 0 saturated heterocycles. The van der Waals surface area contributed by atoms with Crippen molar-refractivity contribution in [3.05, 3.63) is 120 Å². The zero-order valence-electron chi connectivity index (χ0n) is 18.2. The first-order valence-corrected chi connectivity index (χ1v) is 12.2. The van der Waals surface area contributed by atoms with Crippen molar-refractivity contribution in [3.63, 3.8) is 0 Å². The van der Waals surface area contributed by atoms with Crippen LogP contribution in [0.15, 0.2) is 119 Å². The summed E-state index contributed by atoms with van der Waals surface area (Å²) in [5.74, 6) is 0. The summed E-state index contributed by atoms with van der Waals surface area (Å²) >= 11 is 0. The molecule has 0 N–H and O–H groups in total. The van der Waals surface area contributed by atoms with Crippen LogP contribution in [0.25, 0.3) is 0 Å². The average Bonchev–Trinajstić information content (AvgIpc) is 3.47. The van der Waals surface area contributed by atoms with Crippen LogP contribution >= 0.6 is 0 Å². The smallest absolute Gasteiger partial charge is 0.744 e. The minimum absolute atomic E-state index is 0. The Kier molecular flexibility index (Phi) is 14.6. The molecule has 4 rings (SSSR count). The van der Waals surface area contributed by atoms with Gasteiger partial charge in [-0.05, 0) is 38.1 Å². The first-order chi connectivity index (χ1) is 15.0. The standard InChI is InChI=1S/2C7H8O3S.2C5H5.Zr/c2*1-6-2-4-7(5-3-6)11(8,9)10;2*1-2-4-5-3-1;/h2*2-5H,1H3,(H,8,9,10);2*1-5H;/q;;2*-1;+4/p-2. The zero-order valence-corrected chi connectivity index (χ0v) is 22.2. The van der Waals surface area contributed by atoms with E-state index in [-0.39, 0.29) is 36.0 Å². The van der Waals surface area contributed by atoms with Gasteiger partial charge in [0.15, 0.2) is 0 Å². The van der Waals surface area contributed by atoms with E-state index in [9.17, 15) is 25.9 Å². The molecule has 0 radical (unpaired) electrons. The van der Waals surface area contributed by atoms with E-state index in [2.05, 4.69) is 0 Å². The van der Waals surface area contributed by atoms with Crippen LogP contribution in [0.1, 0.15) is 11.1 Å². The molecule has 0 aliphatic carbocycles. The molecule has 6 nitrogen and oxygen atoms in total. The molecule has 0 aromatic heterocycles. The van der Waals surface area contributed by atoms with E-state index in [4.69, 9.17) is 0 Å². The van der Waals surface area contributed by atoms with E-state index in [0.717, 1.165) is 11.1 Å². The summed E-state index contributed by atoms with van der Waals surface area (Å²) in [6.07, 6.45) is 0. The number of hydrogen-bond acceptors (Lipinski definition) is 6. The second kappa shape index (κ2) is 15.6. The molecule has 0 aliphatic heterocycles. The van der Waals surface area contributed by atoms with E-state index < -0.39 is 20.2 Å². The quantitative estimate of drug-likeness (QED) is 0.260. The Morgan fingerprint density at radius 2 is 0.788 bits per heavy atom. The summed E-state index contributed by atoms with van der Waals surface area (Å²) in [4.78, 5) is -0.355. The van der Waals surface area contributed by atoms with Crippen molar-refractivity contribution in [2.24, 2.45) is 0 Å². The van der Waals surface area contributed by atoms with Crippen LogP contribution in [0.3, 0.4) is 0 Å². The number of rotatable bonds is 2. The fourth-order valence-corrected chi connectivity index (χ4v) is 2.99. The molecule has 0 unspecified atom stereocenters. The van der Waals surface area contributed by atoms with E-state index in [1.807, 2.05) is 74.5 Å². The largest absolute Gasteiger partial charge is 4.00 e. The molecule has 0 saturated carbocycles. The maximum atomic E-state index is 10.4. The Bertz CT molecular complexity index is 1060. The van der Waals surface area contributed by atoms with Crippen LogP contribution in [0.2, 0.25) is 0 Å². The van der Waals surface area contributed by atoms with Gasteiger partial charge in [0.1, 0.15) is 20.2 Å². The topological polar surface area (TPSA) is 114 Å². The van der Waals surface area contributed by atoms with Gasteiger partial charge in [-0.15, -0.1) is 0 Å². The molecule has 4 aromatic carbocycles. The van der Waals surface area contributed by atoms with Crippen molar-refractivity contribution in [1.82, 2.24) is 0 Å². The molecular weight excluding hydrogens is 540 g/mol. The molecule has 0 amide bonds. The minimum atomic E-state index is -4.27. The zero-order chi connectivity index (χ0) is 24.0. The fraction of sp³-hybridized carbons (Fsp3) is 0.0833. The summed E-state index contributed by atoms with van der Waals surface area (Å²) < 4.78 is 62.3. The molecule has 0 atom stereocenters. The van der Waals surface area contributed by atoms with Crippen molar-refractivity contribution < 1.29 is 52.1 Å². The Morgan fingerprint density at radius 3 is 0.939 bits per heavy atom. The molecule has 0 spiro atoms. The van der Waals surface area contributed by atoms with Gasteiger partial charge in [-0.2, -0.15) is 36.4 Å². The van der Waals surface area contributed by atoms with Gasteiger partial charge in [0.25, 0.3) is 0 Å². The van der Waals surface area contributed by atoms with Crippen LogP contribution in [-0.4, -0.2) is 25.9 Å². The number of hydrogen-bond donors (Lipinski definition) is 0. The summed E-state index contributed by atoms with van der Waals surface area (Å²) in [7, 11) is -8.54. The maximum absolute atomic E-state index is 10.4. The van der Waals surface area contributed by atoms with E-state index >= 15 is 0 Å².